The normalized spacial score (nSPS) is 17.5. The fourth-order valence-corrected chi connectivity index (χ4v) is 12.2. The van der Waals surface area contributed by atoms with Crippen molar-refractivity contribution in [2.45, 2.75) is 239 Å². The van der Waals surface area contributed by atoms with Gasteiger partial charge >= 0.3 is 14.2 Å². The van der Waals surface area contributed by atoms with Crippen LogP contribution < -0.4 is 10.9 Å². The van der Waals surface area contributed by atoms with Gasteiger partial charge in [0.25, 0.3) is 0 Å². The predicted octanol–water partition coefficient (Wildman–Crippen LogP) is 18.4. The van der Waals surface area contributed by atoms with Crippen LogP contribution in [0.15, 0.2) is 106 Å². The molecule has 8 rings (SSSR count). The van der Waals surface area contributed by atoms with Crippen LogP contribution in [-0.4, -0.2) is 36.6 Å². The predicted molar refractivity (Wildman–Crippen MR) is 328 cm³/mol. The zero-order valence-corrected chi connectivity index (χ0v) is 51.6. The van der Waals surface area contributed by atoms with Crippen LogP contribution >= 0.6 is 31.9 Å². The summed E-state index contributed by atoms with van der Waals surface area (Å²) in [4.78, 5) is 0. The largest absolute Gasteiger partial charge is 0.495 e. The summed E-state index contributed by atoms with van der Waals surface area (Å²) in [6, 6.07) is 37.4. The minimum absolute atomic E-state index is 0.349. The molecule has 0 unspecified atom stereocenters. The van der Waals surface area contributed by atoms with Gasteiger partial charge in [-0.15, -0.1) is 0 Å². The molecule has 5 aromatic carbocycles. The maximum atomic E-state index is 6.56. The van der Waals surface area contributed by atoms with Crippen molar-refractivity contribution in [3.63, 3.8) is 0 Å². The molecule has 3 aliphatic rings. The van der Waals surface area contributed by atoms with Crippen LogP contribution in [-0.2, 0) is 49.7 Å². The lowest BCUT2D eigenvalue weighted by atomic mass is 9.67. The average Bonchev–Trinajstić information content (AvgIpc) is 3.95. The third-order valence-electron chi connectivity index (χ3n) is 17.5. The van der Waals surface area contributed by atoms with E-state index in [2.05, 4.69) is 212 Å². The zero-order valence-electron chi connectivity index (χ0n) is 48.4. The van der Waals surface area contributed by atoms with Crippen LogP contribution in [0.5, 0.6) is 0 Å². The summed E-state index contributed by atoms with van der Waals surface area (Å²) in [6.45, 7) is 26.2. The van der Waals surface area contributed by atoms with Crippen molar-refractivity contribution in [2.75, 3.05) is 0 Å². The molecule has 4 nitrogen and oxygen atoms in total. The molecule has 0 spiro atoms. The van der Waals surface area contributed by atoms with Crippen LogP contribution in [0.1, 0.15) is 230 Å². The number of hydrogen-bond donors (Lipinski definition) is 0. The summed E-state index contributed by atoms with van der Waals surface area (Å²) < 4.78 is 28.5. The van der Waals surface area contributed by atoms with Crippen molar-refractivity contribution in [2.24, 2.45) is 0 Å². The Morgan fingerprint density at radius 3 is 0.973 bits per heavy atom. The van der Waals surface area contributed by atoms with Crippen molar-refractivity contribution in [3.8, 4) is 11.1 Å². The highest BCUT2D eigenvalue weighted by Gasteiger charge is 2.54. The van der Waals surface area contributed by atoms with Gasteiger partial charge in [-0.05, 0) is 198 Å². The molecule has 404 valence electrons. The minimum atomic E-state index is -0.361. The molecule has 0 bridgehead atoms. The lowest BCUT2D eigenvalue weighted by Crippen LogP contribution is -2.43. The van der Waals surface area contributed by atoms with Gasteiger partial charge in [0.2, 0.25) is 0 Å². The van der Waals surface area contributed by atoms with E-state index in [4.69, 9.17) is 18.6 Å². The number of hydrogen-bond acceptors (Lipinski definition) is 4. The summed E-state index contributed by atoms with van der Waals surface area (Å²) >= 11 is 7.63. The number of benzene rings is 5. The van der Waals surface area contributed by atoms with Gasteiger partial charge in [0.15, 0.2) is 0 Å². The molecule has 75 heavy (non-hydrogen) atoms. The van der Waals surface area contributed by atoms with E-state index in [0.29, 0.717) is 0 Å². The molecule has 2 fully saturated rings. The summed E-state index contributed by atoms with van der Waals surface area (Å²) in [5.41, 5.74) is 14.1. The first-order valence-corrected chi connectivity index (χ1v) is 31.1. The van der Waals surface area contributed by atoms with Crippen LogP contribution in [0.3, 0.4) is 0 Å². The average molecular weight is 1140 g/mol. The standard InChI is InChI=1S/C37H40Br2.C30H52B2O4/c1-3-5-7-9-11-27-13-17-29(18-14-27)37(30-19-15-28(16-20-30)12-10-8-6-4-2)35-25-31(38)21-23-33(35)34-24-22-32(39)26-36(34)37;1-11-13-15-17-19-23-21-26(32-35-29(7,8)30(9,10)36-32)24(20-18-16-14-12-2)22-25(23)31-33-27(3,4)28(5,6)34-31/h13-26H,3-12H2,1-2H3;21-22H,11-20H2,1-10H3. The number of aryl methyl sites for hydroxylation is 4. The van der Waals surface area contributed by atoms with Gasteiger partial charge in [-0.1, -0.05) is 209 Å². The molecular formula is C67H92B2Br2O4. The van der Waals surface area contributed by atoms with Gasteiger partial charge in [-0.2, -0.15) is 0 Å². The molecule has 0 N–H and O–H groups in total. The van der Waals surface area contributed by atoms with E-state index in [9.17, 15) is 0 Å². The molecule has 2 saturated heterocycles. The minimum Gasteiger partial charge on any atom is -0.399 e. The van der Waals surface area contributed by atoms with Crippen LogP contribution in [0, 0.1) is 0 Å². The van der Waals surface area contributed by atoms with Crippen molar-refractivity contribution in [1.82, 2.24) is 0 Å². The highest BCUT2D eigenvalue weighted by atomic mass is 79.9. The Morgan fingerprint density at radius 1 is 0.360 bits per heavy atom. The number of halogens is 2. The van der Waals surface area contributed by atoms with Gasteiger partial charge < -0.3 is 18.6 Å². The summed E-state index contributed by atoms with van der Waals surface area (Å²) in [5.74, 6) is 0. The molecule has 2 heterocycles. The molecule has 5 aromatic rings. The smallest absolute Gasteiger partial charge is 0.399 e. The maximum absolute atomic E-state index is 6.56. The van der Waals surface area contributed by atoms with Crippen molar-refractivity contribution < 1.29 is 18.6 Å². The summed E-state index contributed by atoms with van der Waals surface area (Å²) in [5, 5.41) is 0. The molecule has 0 amide bonds. The lowest BCUT2D eigenvalue weighted by molar-refractivity contribution is 0.00578. The molecular weight excluding hydrogens is 1050 g/mol. The number of unbranched alkanes of at least 4 members (excludes halogenated alkanes) is 12. The molecule has 8 heteroatoms. The third kappa shape index (κ3) is 13.7. The Bertz CT molecular complexity index is 2410. The van der Waals surface area contributed by atoms with E-state index in [-0.39, 0.29) is 42.1 Å². The van der Waals surface area contributed by atoms with Crippen LogP contribution in [0.2, 0.25) is 0 Å². The quantitative estimate of drug-likeness (QED) is 0.0447. The molecule has 0 saturated carbocycles. The van der Waals surface area contributed by atoms with Gasteiger partial charge in [-0.25, -0.2) is 0 Å². The maximum Gasteiger partial charge on any atom is 0.495 e. The zero-order chi connectivity index (χ0) is 54.0. The second-order valence-corrected chi connectivity index (χ2v) is 26.0. The van der Waals surface area contributed by atoms with Crippen molar-refractivity contribution in [1.29, 1.82) is 0 Å². The Morgan fingerprint density at radius 2 is 0.667 bits per heavy atom. The molecule has 2 aliphatic heterocycles. The molecule has 0 aromatic heterocycles. The highest BCUT2D eigenvalue weighted by Crippen LogP contribution is 2.57. The first kappa shape index (κ1) is 59.7. The van der Waals surface area contributed by atoms with Crippen LogP contribution in [0.4, 0.5) is 0 Å². The fourth-order valence-electron chi connectivity index (χ4n) is 11.4. The van der Waals surface area contributed by atoms with E-state index in [1.807, 2.05) is 0 Å². The first-order chi connectivity index (χ1) is 35.8. The third-order valence-corrected chi connectivity index (χ3v) is 18.5. The number of fused-ring (bicyclic) bond motifs is 3. The second-order valence-electron chi connectivity index (χ2n) is 24.2. The molecule has 1 aliphatic carbocycles. The van der Waals surface area contributed by atoms with Crippen LogP contribution in [0.25, 0.3) is 11.1 Å². The Hall–Kier alpha value is -2.97. The van der Waals surface area contributed by atoms with E-state index < -0.39 is 0 Å². The van der Waals surface area contributed by atoms with Gasteiger partial charge in [0.05, 0.1) is 27.8 Å². The van der Waals surface area contributed by atoms with E-state index in [1.165, 1.54) is 169 Å². The van der Waals surface area contributed by atoms with Gasteiger partial charge in [0.1, 0.15) is 0 Å². The monoisotopic (exact) mass is 1140 g/mol. The Balaban J connectivity index is 0.000000220. The Kier molecular flexibility index (Phi) is 21.0. The van der Waals surface area contributed by atoms with E-state index >= 15 is 0 Å². The van der Waals surface area contributed by atoms with Gasteiger partial charge in [-0.3, -0.25) is 0 Å². The highest BCUT2D eigenvalue weighted by molar-refractivity contribution is 9.10. The molecule has 0 atom stereocenters. The van der Waals surface area contributed by atoms with E-state index in [1.54, 1.807) is 0 Å². The molecule has 0 radical (unpaired) electrons. The van der Waals surface area contributed by atoms with Gasteiger partial charge in [0, 0.05) is 8.95 Å². The summed E-state index contributed by atoms with van der Waals surface area (Å²) in [6.07, 6.45) is 24.5. The van der Waals surface area contributed by atoms with Crippen molar-refractivity contribution in [3.05, 3.63) is 151 Å². The Labute approximate surface area is 473 Å². The second kappa shape index (κ2) is 26.3. The fraction of sp³-hybridized carbons (Fsp3) is 0.552. The van der Waals surface area contributed by atoms with Crippen molar-refractivity contribution >= 4 is 57.0 Å². The SMILES string of the molecule is CCCCCCc1cc(B2OC(C)(C)C(C)(C)O2)c(CCCCCC)cc1B1OC(C)(C)C(C)(C)O1.CCCCCCc1ccc(C2(c3ccc(CCCCCC)cc3)c3cc(Br)ccc3-c3ccc(Br)cc32)cc1. The summed E-state index contributed by atoms with van der Waals surface area (Å²) in [7, 11) is -0.698. The van der Waals surface area contributed by atoms with E-state index in [0.717, 1.165) is 34.6 Å². The lowest BCUT2D eigenvalue weighted by Gasteiger charge is -2.34. The topological polar surface area (TPSA) is 36.9 Å². The number of rotatable bonds is 24. The first-order valence-electron chi connectivity index (χ1n) is 29.5.